The minimum absolute atomic E-state index is 0.00924. The van der Waals surface area contributed by atoms with Crippen molar-refractivity contribution in [3.8, 4) is 0 Å². The van der Waals surface area contributed by atoms with Crippen molar-refractivity contribution in [3.63, 3.8) is 0 Å². The van der Waals surface area contributed by atoms with E-state index < -0.39 is 46.1 Å². The number of ketones is 4. The van der Waals surface area contributed by atoms with Crippen molar-refractivity contribution >= 4 is 80.3 Å². The van der Waals surface area contributed by atoms with Gasteiger partial charge in [0.15, 0.2) is 0 Å². The number of rotatable bonds is 2. The summed E-state index contributed by atoms with van der Waals surface area (Å²) in [7, 11) is 0. The van der Waals surface area contributed by atoms with Gasteiger partial charge >= 0.3 is 6.18 Å². The minimum atomic E-state index is -4.63. The molecule has 316 valence electrons. The molecule has 0 N–H and O–H groups in total. The van der Waals surface area contributed by atoms with E-state index in [-0.39, 0.29) is 28.5 Å². The molecule has 8 aliphatic rings. The van der Waals surface area contributed by atoms with Crippen LogP contribution in [-0.2, 0) is 36.4 Å². The van der Waals surface area contributed by atoms with Crippen LogP contribution in [0.15, 0.2) is 84.4 Å². The molecule has 2 saturated carbocycles. The van der Waals surface area contributed by atoms with Gasteiger partial charge in [0, 0.05) is 75.9 Å². The first kappa shape index (κ1) is 39.0. The number of Topliss-reactive ketones (excluding diaryl/α,β-unsaturated/α-hetero) is 4. The first-order valence-corrected chi connectivity index (χ1v) is 23.4. The van der Waals surface area contributed by atoms with Gasteiger partial charge in [-0.25, -0.2) is 0 Å². The molecule has 2 aliphatic heterocycles. The highest BCUT2D eigenvalue weighted by Crippen LogP contribution is 2.59. The molecule has 12 rings (SSSR count). The van der Waals surface area contributed by atoms with Gasteiger partial charge in [0.2, 0.25) is 23.1 Å². The van der Waals surface area contributed by atoms with E-state index in [0.29, 0.717) is 21.6 Å². The second-order valence-electron chi connectivity index (χ2n) is 18.2. The number of allylic oxidation sites excluding steroid dienone is 8. The molecule has 6 nitrogen and oxygen atoms in total. The van der Waals surface area contributed by atoms with E-state index in [0.717, 1.165) is 136 Å². The van der Waals surface area contributed by atoms with E-state index in [2.05, 4.69) is 30.4 Å². The first-order valence-electron chi connectivity index (χ1n) is 21.8. The number of fused-ring (bicyclic) bond motifs is 11. The Morgan fingerprint density at radius 3 is 1.51 bits per heavy atom. The zero-order chi connectivity index (χ0) is 43.2. The minimum Gasteiger partial charge on any atom is -0.482 e. The highest BCUT2D eigenvalue weighted by Gasteiger charge is 2.49. The molecule has 2 atom stereocenters. The van der Waals surface area contributed by atoms with Crippen LogP contribution in [0, 0.1) is 18.8 Å². The monoisotopic (exact) mass is 880 g/mol. The molecule has 0 amide bonds. The normalized spacial score (nSPS) is 25.0. The number of benzene rings is 2. The average Bonchev–Trinajstić information content (AvgIpc) is 4.02. The zero-order valence-corrected chi connectivity index (χ0v) is 35.8. The number of hydrogen-bond acceptors (Lipinski definition) is 8. The lowest BCUT2D eigenvalue weighted by atomic mass is 9.72. The molecule has 0 bridgehead atoms. The maximum Gasteiger partial charge on any atom is 0.416 e. The Morgan fingerprint density at radius 2 is 1.03 bits per heavy atom. The fourth-order valence-electron chi connectivity index (χ4n) is 11.3. The molecule has 6 aliphatic carbocycles. The summed E-state index contributed by atoms with van der Waals surface area (Å²) < 4.78 is 55.7. The summed E-state index contributed by atoms with van der Waals surface area (Å²) in [6, 6.07) is 12.6. The Labute approximate surface area is 369 Å². The van der Waals surface area contributed by atoms with Crippen LogP contribution in [0.3, 0.4) is 0 Å². The molecular formula is C52H39F3O6S2. The molecule has 11 heteroatoms. The van der Waals surface area contributed by atoms with Gasteiger partial charge in [-0.15, -0.1) is 22.7 Å². The second-order valence-corrected chi connectivity index (χ2v) is 20.4. The Hall–Kier alpha value is -5.65. The summed E-state index contributed by atoms with van der Waals surface area (Å²) in [4.78, 5) is 56.4. The van der Waals surface area contributed by atoms with E-state index in [4.69, 9.17) is 9.47 Å². The third-order valence-corrected chi connectivity index (χ3v) is 16.6. The average molecular weight is 881 g/mol. The van der Waals surface area contributed by atoms with Gasteiger partial charge in [-0.05, 0) is 124 Å². The molecule has 2 spiro atoms. The maximum absolute atomic E-state index is 13.8. The van der Waals surface area contributed by atoms with Gasteiger partial charge < -0.3 is 9.47 Å². The second kappa shape index (κ2) is 13.7. The number of aryl methyl sites for hydroxylation is 1. The number of alkyl halides is 3. The van der Waals surface area contributed by atoms with Crippen LogP contribution in [0.5, 0.6) is 0 Å². The number of ether oxygens (including phenoxy) is 2. The standard InChI is InChI=1S/C52H39F3O6S2/c1-26-8-10-32-34(16-26)36(46(58)44(32)56)22-30-24-40-48(62-30)38-17-27-20-43-39(18-28(27)19-42(38)60-50(40)12-4-2-5-13-50)49-41(51(61-43)14-6-3-7-15-51)25-31(63-49)23-37-35-21-29(52(53,54)55)9-11-33(35)45(57)47(37)59/h8-11,16-25,27-28H,2-7,12-15H2,1H3/b36-22-,37-23-. The van der Waals surface area contributed by atoms with Crippen LogP contribution >= 0.6 is 22.7 Å². The topological polar surface area (TPSA) is 86.7 Å². The third kappa shape index (κ3) is 5.87. The van der Waals surface area contributed by atoms with Crippen LogP contribution in [0.1, 0.15) is 138 Å². The van der Waals surface area contributed by atoms with E-state index >= 15 is 0 Å². The zero-order valence-electron chi connectivity index (χ0n) is 34.2. The van der Waals surface area contributed by atoms with Crippen molar-refractivity contribution in [1.29, 1.82) is 0 Å². The molecule has 0 saturated heterocycles. The van der Waals surface area contributed by atoms with Gasteiger partial charge in [-0.3, -0.25) is 19.2 Å². The number of thiophene rings is 2. The SMILES string of the molecule is Cc1ccc2c(c1)/C(=C/c1cc3c(s1)C1=CC4C=C5OC6(CCCCC6)c6cc(/C=C7\C(=O)C(=O)c8ccc(C(F)(F)F)cc87)sc6C5=CC4C=C1OC31CCCCC1)C(=O)C2=O. The van der Waals surface area contributed by atoms with Crippen molar-refractivity contribution in [2.75, 3.05) is 0 Å². The van der Waals surface area contributed by atoms with Crippen molar-refractivity contribution in [2.24, 2.45) is 11.8 Å². The lowest BCUT2D eigenvalue weighted by Gasteiger charge is -2.46. The lowest BCUT2D eigenvalue weighted by molar-refractivity contribution is -0.137. The van der Waals surface area contributed by atoms with Crippen LogP contribution in [0.4, 0.5) is 13.2 Å². The van der Waals surface area contributed by atoms with E-state index in [1.54, 1.807) is 23.5 Å². The number of carbonyl (C=O) groups excluding carboxylic acids is 4. The highest BCUT2D eigenvalue weighted by molar-refractivity contribution is 7.14. The quantitative estimate of drug-likeness (QED) is 0.147. The Bertz CT molecular complexity index is 3000. The predicted molar refractivity (Wildman–Crippen MR) is 236 cm³/mol. The molecule has 2 aromatic carbocycles. The van der Waals surface area contributed by atoms with E-state index in [1.807, 2.05) is 31.2 Å². The van der Waals surface area contributed by atoms with Crippen molar-refractivity contribution < 1.29 is 41.8 Å². The van der Waals surface area contributed by atoms with Crippen LogP contribution < -0.4 is 0 Å². The smallest absolute Gasteiger partial charge is 0.416 e. The number of halogens is 3. The predicted octanol–water partition coefficient (Wildman–Crippen LogP) is 12.6. The first-order chi connectivity index (χ1) is 30.3. The molecule has 4 aromatic rings. The van der Waals surface area contributed by atoms with E-state index in [1.165, 1.54) is 11.3 Å². The molecular weight excluding hydrogens is 842 g/mol. The molecule has 2 unspecified atom stereocenters. The summed E-state index contributed by atoms with van der Waals surface area (Å²) in [6.45, 7) is 1.96. The van der Waals surface area contributed by atoms with Gasteiger partial charge in [0.05, 0.1) is 5.56 Å². The summed E-state index contributed by atoms with van der Waals surface area (Å²) >= 11 is 3.12. The van der Waals surface area contributed by atoms with Gasteiger partial charge in [-0.1, -0.05) is 48.8 Å². The van der Waals surface area contributed by atoms with Gasteiger partial charge in [0.25, 0.3) is 0 Å². The summed E-state index contributed by atoms with van der Waals surface area (Å²) in [5.74, 6) is -1.02. The summed E-state index contributed by atoms with van der Waals surface area (Å²) in [6.07, 6.45) is 17.4. The summed E-state index contributed by atoms with van der Waals surface area (Å²) in [5, 5.41) is 0. The fraction of sp³-hybridized carbons (Fsp3) is 0.308. The van der Waals surface area contributed by atoms with Crippen LogP contribution in [0.25, 0.3) is 34.4 Å². The van der Waals surface area contributed by atoms with Crippen molar-refractivity contribution in [3.05, 3.63) is 148 Å². The highest BCUT2D eigenvalue weighted by atomic mass is 32.1. The number of carbonyl (C=O) groups is 4. The van der Waals surface area contributed by atoms with Crippen LogP contribution in [0.2, 0.25) is 0 Å². The van der Waals surface area contributed by atoms with Gasteiger partial charge in [0.1, 0.15) is 22.7 Å². The summed E-state index contributed by atoms with van der Waals surface area (Å²) in [5.41, 5.74) is 4.63. The third-order valence-electron chi connectivity index (χ3n) is 14.4. The number of hydrogen-bond donors (Lipinski definition) is 0. The molecule has 2 fully saturated rings. The Morgan fingerprint density at radius 1 is 0.571 bits per heavy atom. The largest absolute Gasteiger partial charge is 0.482 e. The molecule has 63 heavy (non-hydrogen) atoms. The maximum atomic E-state index is 13.8. The van der Waals surface area contributed by atoms with Crippen molar-refractivity contribution in [2.45, 2.75) is 88.5 Å². The lowest BCUT2D eigenvalue weighted by Crippen LogP contribution is -2.37. The van der Waals surface area contributed by atoms with E-state index in [9.17, 15) is 32.3 Å². The van der Waals surface area contributed by atoms with Crippen molar-refractivity contribution in [1.82, 2.24) is 0 Å². The Kier molecular flexibility index (Phi) is 8.46. The van der Waals surface area contributed by atoms with Crippen LogP contribution in [-0.4, -0.2) is 23.1 Å². The van der Waals surface area contributed by atoms with Gasteiger partial charge in [-0.2, -0.15) is 13.2 Å². The fourth-order valence-corrected chi connectivity index (χ4v) is 13.7. The Balaban J connectivity index is 0.949. The molecule has 0 radical (unpaired) electrons. The molecule has 2 aromatic heterocycles. The molecule has 4 heterocycles.